The highest BCUT2D eigenvalue weighted by Crippen LogP contribution is 2.37. The lowest BCUT2D eigenvalue weighted by Gasteiger charge is -2.22. The normalized spacial score (nSPS) is 13.7. The van der Waals surface area contributed by atoms with Gasteiger partial charge in [-0.25, -0.2) is 0 Å². The zero-order valence-corrected chi connectivity index (χ0v) is 9.92. The third-order valence-corrected chi connectivity index (χ3v) is 2.94. The fourth-order valence-electron chi connectivity index (χ4n) is 1.96. The van der Waals surface area contributed by atoms with Crippen molar-refractivity contribution in [2.24, 2.45) is 0 Å². The summed E-state index contributed by atoms with van der Waals surface area (Å²) < 4.78 is 11.1. The van der Waals surface area contributed by atoms with E-state index in [0.29, 0.717) is 19.6 Å². The number of ketones is 1. The minimum Gasteiger partial charge on any atom is -0.486 e. The van der Waals surface area contributed by atoms with E-state index in [1.165, 1.54) is 0 Å². The van der Waals surface area contributed by atoms with Crippen LogP contribution in [-0.2, 0) is 11.2 Å². The van der Waals surface area contributed by atoms with Crippen LogP contribution < -0.4 is 9.47 Å². The lowest BCUT2D eigenvalue weighted by molar-refractivity contribution is -0.116. The van der Waals surface area contributed by atoms with Crippen LogP contribution >= 0.6 is 0 Å². The van der Waals surface area contributed by atoms with Crippen LogP contribution in [0.25, 0.3) is 0 Å². The van der Waals surface area contributed by atoms with Gasteiger partial charge in [-0.1, -0.05) is 0 Å². The Labute approximate surface area is 95.4 Å². The van der Waals surface area contributed by atoms with Crippen LogP contribution in [0.1, 0.15) is 23.6 Å². The summed E-state index contributed by atoms with van der Waals surface area (Å²) in [4.78, 5) is 11.2. The smallest absolute Gasteiger partial charge is 0.164 e. The lowest BCUT2D eigenvalue weighted by Crippen LogP contribution is -2.17. The van der Waals surface area contributed by atoms with E-state index in [4.69, 9.17) is 9.47 Å². The molecule has 0 saturated carbocycles. The molecule has 0 aliphatic carbocycles. The average Bonchev–Trinajstić information content (AvgIpc) is 2.25. The van der Waals surface area contributed by atoms with E-state index < -0.39 is 0 Å². The van der Waals surface area contributed by atoms with E-state index in [-0.39, 0.29) is 5.78 Å². The average molecular weight is 220 g/mol. The van der Waals surface area contributed by atoms with Gasteiger partial charge in [-0.15, -0.1) is 0 Å². The molecule has 1 aliphatic heterocycles. The van der Waals surface area contributed by atoms with Gasteiger partial charge in [0, 0.05) is 6.42 Å². The highest BCUT2D eigenvalue weighted by Gasteiger charge is 2.18. The monoisotopic (exact) mass is 220 g/mol. The Morgan fingerprint density at radius 1 is 1.25 bits per heavy atom. The van der Waals surface area contributed by atoms with Crippen LogP contribution in [0.5, 0.6) is 11.5 Å². The molecule has 1 aromatic carbocycles. The summed E-state index contributed by atoms with van der Waals surface area (Å²) >= 11 is 0. The molecule has 0 fully saturated rings. The first-order chi connectivity index (χ1) is 7.59. The molecule has 86 valence electrons. The van der Waals surface area contributed by atoms with Crippen LogP contribution in [0.3, 0.4) is 0 Å². The predicted molar refractivity (Wildman–Crippen MR) is 61.3 cm³/mol. The molecule has 0 radical (unpaired) electrons. The lowest BCUT2D eigenvalue weighted by atomic mass is 9.98. The van der Waals surface area contributed by atoms with Crippen LogP contribution in [0.4, 0.5) is 0 Å². The Hall–Kier alpha value is -1.51. The molecule has 0 saturated heterocycles. The maximum absolute atomic E-state index is 11.2. The van der Waals surface area contributed by atoms with Crippen LogP contribution in [0.15, 0.2) is 6.07 Å². The molecule has 0 bridgehead atoms. The summed E-state index contributed by atoms with van der Waals surface area (Å²) in [5, 5.41) is 0. The van der Waals surface area contributed by atoms with E-state index in [1.54, 1.807) is 6.92 Å². The van der Waals surface area contributed by atoms with Gasteiger partial charge in [-0.2, -0.15) is 0 Å². The third kappa shape index (κ3) is 1.90. The second-order valence-electron chi connectivity index (χ2n) is 4.19. The summed E-state index contributed by atoms with van der Waals surface area (Å²) in [5.41, 5.74) is 3.24. The van der Waals surface area contributed by atoms with Crippen LogP contribution in [0.2, 0.25) is 0 Å². The molecule has 1 aliphatic rings. The minimum absolute atomic E-state index is 0.166. The minimum atomic E-state index is 0.166. The summed E-state index contributed by atoms with van der Waals surface area (Å²) in [6.45, 7) is 6.80. The Morgan fingerprint density at radius 2 is 1.94 bits per heavy atom. The summed E-state index contributed by atoms with van der Waals surface area (Å²) in [6.07, 6.45) is 0.462. The first kappa shape index (κ1) is 11.0. The number of carbonyl (C=O) groups excluding carboxylic acids is 1. The first-order valence-corrected chi connectivity index (χ1v) is 5.47. The zero-order chi connectivity index (χ0) is 11.7. The largest absolute Gasteiger partial charge is 0.486 e. The van der Waals surface area contributed by atoms with Crippen molar-refractivity contribution in [3.05, 3.63) is 22.8 Å². The van der Waals surface area contributed by atoms with E-state index in [9.17, 15) is 4.79 Å². The Morgan fingerprint density at radius 3 is 2.62 bits per heavy atom. The second-order valence-corrected chi connectivity index (χ2v) is 4.19. The number of carbonyl (C=O) groups is 1. The van der Waals surface area contributed by atoms with Crippen molar-refractivity contribution in [3.8, 4) is 11.5 Å². The fourth-order valence-corrected chi connectivity index (χ4v) is 1.96. The number of Topliss-reactive ketones (excluding diaryl/α,β-unsaturated/α-hetero) is 1. The number of ether oxygens (including phenoxy) is 2. The molecule has 0 unspecified atom stereocenters. The van der Waals surface area contributed by atoms with Crippen LogP contribution in [0, 0.1) is 13.8 Å². The number of fused-ring (bicyclic) bond motifs is 1. The Kier molecular flexibility index (Phi) is 2.86. The Balaban J connectivity index is 2.48. The highest BCUT2D eigenvalue weighted by atomic mass is 16.6. The molecule has 1 heterocycles. The van der Waals surface area contributed by atoms with Crippen molar-refractivity contribution < 1.29 is 14.3 Å². The van der Waals surface area contributed by atoms with Gasteiger partial charge in [0.2, 0.25) is 0 Å². The molecule has 3 heteroatoms. The van der Waals surface area contributed by atoms with E-state index in [1.807, 2.05) is 19.9 Å². The quantitative estimate of drug-likeness (QED) is 0.766. The van der Waals surface area contributed by atoms with Gasteiger partial charge in [0.25, 0.3) is 0 Å². The molecular formula is C13H16O3. The molecule has 0 amide bonds. The summed E-state index contributed by atoms with van der Waals surface area (Å²) in [5.74, 6) is 1.76. The molecule has 3 nitrogen and oxygen atoms in total. The van der Waals surface area contributed by atoms with Crippen molar-refractivity contribution in [3.63, 3.8) is 0 Å². The molecule has 0 aromatic heterocycles. The van der Waals surface area contributed by atoms with Gasteiger partial charge in [0.15, 0.2) is 11.5 Å². The van der Waals surface area contributed by atoms with Gasteiger partial charge in [-0.05, 0) is 43.5 Å². The number of hydrogen-bond acceptors (Lipinski definition) is 3. The second kappa shape index (κ2) is 4.16. The predicted octanol–water partition coefficient (Wildman–Crippen LogP) is 2.21. The molecule has 1 aromatic rings. The third-order valence-electron chi connectivity index (χ3n) is 2.94. The Bertz CT molecular complexity index is 435. The van der Waals surface area contributed by atoms with Gasteiger partial charge >= 0.3 is 0 Å². The van der Waals surface area contributed by atoms with Gasteiger partial charge in [0.1, 0.15) is 19.0 Å². The van der Waals surface area contributed by atoms with Crippen molar-refractivity contribution in [1.29, 1.82) is 0 Å². The summed E-state index contributed by atoms with van der Waals surface area (Å²) in [7, 11) is 0. The fraction of sp³-hybridized carbons (Fsp3) is 0.462. The standard InChI is InChI=1S/C13H16O3/c1-8(14)6-11-7-12-13(10(3)9(11)2)16-5-4-15-12/h7H,4-6H2,1-3H3. The van der Waals surface area contributed by atoms with Crippen molar-refractivity contribution in [2.45, 2.75) is 27.2 Å². The highest BCUT2D eigenvalue weighted by molar-refractivity contribution is 5.79. The van der Waals surface area contributed by atoms with Crippen molar-refractivity contribution >= 4 is 5.78 Å². The van der Waals surface area contributed by atoms with E-state index >= 15 is 0 Å². The van der Waals surface area contributed by atoms with Gasteiger partial charge in [0.05, 0.1) is 0 Å². The zero-order valence-electron chi connectivity index (χ0n) is 9.92. The van der Waals surface area contributed by atoms with Gasteiger partial charge in [-0.3, -0.25) is 4.79 Å². The topological polar surface area (TPSA) is 35.5 Å². The van der Waals surface area contributed by atoms with Gasteiger partial charge < -0.3 is 9.47 Å². The SMILES string of the molecule is CC(=O)Cc1cc2c(c(C)c1C)OCCO2. The molecular weight excluding hydrogens is 204 g/mol. The molecule has 16 heavy (non-hydrogen) atoms. The number of hydrogen-bond donors (Lipinski definition) is 0. The van der Waals surface area contributed by atoms with Crippen molar-refractivity contribution in [1.82, 2.24) is 0 Å². The molecule has 0 N–H and O–H groups in total. The molecule has 2 rings (SSSR count). The first-order valence-electron chi connectivity index (χ1n) is 5.47. The van der Waals surface area contributed by atoms with Crippen molar-refractivity contribution in [2.75, 3.05) is 13.2 Å². The maximum Gasteiger partial charge on any atom is 0.164 e. The van der Waals surface area contributed by atoms with E-state index in [2.05, 4.69) is 0 Å². The maximum atomic E-state index is 11.2. The van der Waals surface area contributed by atoms with E-state index in [0.717, 1.165) is 28.2 Å². The number of benzene rings is 1. The number of rotatable bonds is 2. The molecule has 0 atom stereocenters. The molecule has 0 spiro atoms. The summed E-state index contributed by atoms with van der Waals surface area (Å²) in [6, 6.07) is 1.93. The van der Waals surface area contributed by atoms with Crippen LogP contribution in [-0.4, -0.2) is 19.0 Å².